The zero-order valence-electron chi connectivity index (χ0n) is 9.68. The molecule has 1 aliphatic heterocycles. The second kappa shape index (κ2) is 5.25. The van der Waals surface area contributed by atoms with Gasteiger partial charge in [0.25, 0.3) is 0 Å². The fourth-order valence-corrected chi connectivity index (χ4v) is 1.95. The lowest BCUT2D eigenvalue weighted by atomic mass is 9.99. The Morgan fingerprint density at radius 3 is 3.18 bits per heavy atom. The maximum atomic E-state index is 14.1. The van der Waals surface area contributed by atoms with E-state index >= 15 is 0 Å². The van der Waals surface area contributed by atoms with Gasteiger partial charge in [0, 0.05) is 13.7 Å². The van der Waals surface area contributed by atoms with E-state index in [-0.39, 0.29) is 24.0 Å². The first kappa shape index (κ1) is 12.0. The molecule has 2 rings (SSSR count). The van der Waals surface area contributed by atoms with Crippen LogP contribution in [0.4, 0.5) is 10.1 Å². The van der Waals surface area contributed by atoms with Crippen LogP contribution in [0.25, 0.3) is 0 Å². The third-order valence-corrected chi connectivity index (χ3v) is 2.76. The van der Waals surface area contributed by atoms with Gasteiger partial charge in [0.05, 0.1) is 5.69 Å². The van der Waals surface area contributed by atoms with Gasteiger partial charge < -0.3 is 15.4 Å². The number of halogens is 1. The lowest BCUT2D eigenvalue weighted by molar-refractivity contribution is -0.119. The summed E-state index contributed by atoms with van der Waals surface area (Å²) in [5.74, 6) is -0.672. The molecule has 0 unspecified atom stereocenters. The van der Waals surface area contributed by atoms with Crippen LogP contribution in [0.3, 0.4) is 0 Å². The quantitative estimate of drug-likeness (QED) is 0.827. The molecule has 92 valence electrons. The van der Waals surface area contributed by atoms with E-state index in [0.717, 1.165) is 12.1 Å². The van der Waals surface area contributed by atoms with Crippen LogP contribution in [0.5, 0.6) is 0 Å². The smallest absolute Gasteiger partial charge is 0.250 e. The van der Waals surface area contributed by atoms with Gasteiger partial charge in [-0.1, -0.05) is 6.07 Å². The molecule has 0 aliphatic carbocycles. The maximum Gasteiger partial charge on any atom is 0.250 e. The zero-order chi connectivity index (χ0) is 12.3. The van der Waals surface area contributed by atoms with E-state index in [1.165, 1.54) is 7.11 Å². The molecule has 2 N–H and O–H groups in total. The number of rotatable bonds is 3. The molecule has 0 bridgehead atoms. The second-order valence-corrected chi connectivity index (χ2v) is 3.97. The number of anilines is 1. The number of amides is 1. The van der Waals surface area contributed by atoms with Crippen LogP contribution in [0.1, 0.15) is 11.1 Å². The topological polar surface area (TPSA) is 50.4 Å². The van der Waals surface area contributed by atoms with Crippen LogP contribution in [-0.4, -0.2) is 26.2 Å². The number of carbonyl (C=O) groups excluding carboxylic acids is 1. The fourth-order valence-electron chi connectivity index (χ4n) is 1.95. The van der Waals surface area contributed by atoms with Crippen LogP contribution in [0.2, 0.25) is 0 Å². The first-order valence-electron chi connectivity index (χ1n) is 5.52. The molecule has 0 radical (unpaired) electrons. The van der Waals surface area contributed by atoms with Gasteiger partial charge in [0.15, 0.2) is 0 Å². The van der Waals surface area contributed by atoms with Crippen molar-refractivity contribution in [2.75, 3.05) is 25.6 Å². The standard InChI is InChI=1S/C12H15FN2O2/c1-17-7-11(16)15-10-3-2-8-6-14-5-4-9(8)12(10)13/h2-3,14H,4-7H2,1H3,(H,15,16). The highest BCUT2D eigenvalue weighted by Crippen LogP contribution is 2.24. The molecule has 1 amide bonds. The van der Waals surface area contributed by atoms with Crippen molar-refractivity contribution in [2.45, 2.75) is 13.0 Å². The Morgan fingerprint density at radius 1 is 1.59 bits per heavy atom. The van der Waals surface area contributed by atoms with Crippen molar-refractivity contribution < 1.29 is 13.9 Å². The lowest BCUT2D eigenvalue weighted by Crippen LogP contribution is -2.25. The highest BCUT2D eigenvalue weighted by molar-refractivity contribution is 5.92. The summed E-state index contributed by atoms with van der Waals surface area (Å²) in [5, 5.41) is 5.68. The number of hydrogen-bond acceptors (Lipinski definition) is 3. The van der Waals surface area contributed by atoms with Crippen molar-refractivity contribution in [1.82, 2.24) is 5.32 Å². The lowest BCUT2D eigenvalue weighted by Gasteiger charge is -2.19. The number of nitrogens with one attached hydrogen (secondary N) is 2. The average molecular weight is 238 g/mol. The van der Waals surface area contributed by atoms with Gasteiger partial charge in [-0.3, -0.25) is 4.79 Å². The Morgan fingerprint density at radius 2 is 2.41 bits per heavy atom. The molecule has 1 aliphatic rings. The zero-order valence-corrected chi connectivity index (χ0v) is 9.68. The van der Waals surface area contributed by atoms with Gasteiger partial charge in [-0.15, -0.1) is 0 Å². The maximum absolute atomic E-state index is 14.1. The first-order valence-corrected chi connectivity index (χ1v) is 5.52. The van der Waals surface area contributed by atoms with E-state index < -0.39 is 0 Å². The molecule has 5 heteroatoms. The third kappa shape index (κ3) is 2.62. The van der Waals surface area contributed by atoms with Crippen LogP contribution < -0.4 is 10.6 Å². The number of carbonyl (C=O) groups is 1. The van der Waals surface area contributed by atoms with Crippen molar-refractivity contribution in [3.05, 3.63) is 29.1 Å². The van der Waals surface area contributed by atoms with Gasteiger partial charge in [-0.25, -0.2) is 4.39 Å². The second-order valence-electron chi connectivity index (χ2n) is 3.97. The molecular formula is C12H15FN2O2. The average Bonchev–Trinajstić information content (AvgIpc) is 2.33. The fraction of sp³-hybridized carbons (Fsp3) is 0.417. The third-order valence-electron chi connectivity index (χ3n) is 2.76. The number of ether oxygens (including phenoxy) is 1. The molecule has 1 heterocycles. The Bertz CT molecular complexity index is 435. The molecule has 0 fully saturated rings. The van der Waals surface area contributed by atoms with Crippen molar-refractivity contribution in [1.29, 1.82) is 0 Å². The summed E-state index contributed by atoms with van der Waals surface area (Å²) in [7, 11) is 1.43. The number of fused-ring (bicyclic) bond motifs is 1. The van der Waals surface area contributed by atoms with Crippen LogP contribution in [0, 0.1) is 5.82 Å². The minimum absolute atomic E-state index is 0.0713. The largest absolute Gasteiger partial charge is 0.375 e. The normalized spacial score (nSPS) is 14.2. The van der Waals surface area contributed by atoms with Crippen LogP contribution >= 0.6 is 0 Å². The molecule has 0 aromatic heterocycles. The summed E-state index contributed by atoms with van der Waals surface area (Å²) in [6.07, 6.45) is 0.648. The molecule has 17 heavy (non-hydrogen) atoms. The van der Waals surface area contributed by atoms with Crippen molar-refractivity contribution in [3.8, 4) is 0 Å². The monoisotopic (exact) mass is 238 g/mol. The van der Waals surface area contributed by atoms with E-state index in [4.69, 9.17) is 0 Å². The van der Waals surface area contributed by atoms with Gasteiger partial charge in [-0.2, -0.15) is 0 Å². The highest BCUT2D eigenvalue weighted by Gasteiger charge is 2.17. The molecule has 0 saturated heterocycles. The number of hydrogen-bond donors (Lipinski definition) is 2. The summed E-state index contributed by atoms with van der Waals surface area (Å²) in [6.45, 7) is 1.37. The van der Waals surface area contributed by atoms with E-state index in [1.807, 2.05) is 6.07 Å². The SMILES string of the molecule is COCC(=O)Nc1ccc2c(c1F)CCNC2. The minimum atomic E-state index is -0.347. The predicted octanol–water partition coefficient (Wildman–Crippen LogP) is 1.06. The summed E-state index contributed by atoms with van der Waals surface area (Å²) < 4.78 is 18.8. The van der Waals surface area contributed by atoms with Crippen molar-refractivity contribution >= 4 is 11.6 Å². The molecule has 1 aromatic rings. The molecule has 1 aromatic carbocycles. The predicted molar refractivity (Wildman–Crippen MR) is 62.3 cm³/mol. The Balaban J connectivity index is 2.21. The summed E-state index contributed by atoms with van der Waals surface area (Å²) in [4.78, 5) is 11.3. The van der Waals surface area contributed by atoms with E-state index in [0.29, 0.717) is 18.5 Å². The van der Waals surface area contributed by atoms with E-state index in [9.17, 15) is 9.18 Å². The Kier molecular flexibility index (Phi) is 3.71. The molecule has 4 nitrogen and oxygen atoms in total. The number of methoxy groups -OCH3 is 1. The van der Waals surface area contributed by atoms with Crippen LogP contribution in [-0.2, 0) is 22.5 Å². The van der Waals surface area contributed by atoms with E-state index in [2.05, 4.69) is 15.4 Å². The highest BCUT2D eigenvalue weighted by atomic mass is 19.1. The summed E-state index contributed by atoms with van der Waals surface area (Å²) in [6, 6.07) is 3.43. The summed E-state index contributed by atoms with van der Waals surface area (Å²) in [5.41, 5.74) is 1.88. The number of benzene rings is 1. The molecule has 0 spiro atoms. The summed E-state index contributed by atoms with van der Waals surface area (Å²) >= 11 is 0. The van der Waals surface area contributed by atoms with Gasteiger partial charge >= 0.3 is 0 Å². The molecule has 0 atom stereocenters. The van der Waals surface area contributed by atoms with E-state index in [1.54, 1.807) is 6.07 Å². The first-order chi connectivity index (χ1) is 8.22. The Labute approximate surface area is 99.2 Å². The molecular weight excluding hydrogens is 223 g/mol. The van der Waals surface area contributed by atoms with Gasteiger partial charge in [0.1, 0.15) is 12.4 Å². The van der Waals surface area contributed by atoms with Crippen molar-refractivity contribution in [3.63, 3.8) is 0 Å². The minimum Gasteiger partial charge on any atom is -0.375 e. The molecule has 0 saturated carbocycles. The van der Waals surface area contributed by atoms with Crippen LogP contribution in [0.15, 0.2) is 12.1 Å². The van der Waals surface area contributed by atoms with Gasteiger partial charge in [0.2, 0.25) is 5.91 Å². The van der Waals surface area contributed by atoms with Gasteiger partial charge in [-0.05, 0) is 30.2 Å². The Hall–Kier alpha value is -1.46. The van der Waals surface area contributed by atoms with Crippen molar-refractivity contribution in [2.24, 2.45) is 0 Å².